The van der Waals surface area contributed by atoms with Crippen molar-refractivity contribution in [3.8, 4) is 0 Å². The second-order valence-corrected chi connectivity index (χ2v) is 4.72. The lowest BCUT2D eigenvalue weighted by atomic mass is 9.96. The van der Waals surface area contributed by atoms with Crippen LogP contribution in [0.15, 0.2) is 22.7 Å². The molecule has 2 atom stereocenters. The predicted octanol–water partition coefficient (Wildman–Crippen LogP) is 2.92. The van der Waals surface area contributed by atoms with Gasteiger partial charge in [0.15, 0.2) is 0 Å². The molecule has 1 N–H and O–H groups in total. The Morgan fingerprint density at radius 3 is 2.62 bits per heavy atom. The highest BCUT2D eigenvalue weighted by Gasteiger charge is 2.17. The molecule has 1 aromatic carbocycles. The first-order chi connectivity index (χ1) is 7.43. The Bertz CT molecular complexity index is 393. The van der Waals surface area contributed by atoms with Gasteiger partial charge < -0.3 is 5.11 Å². The number of hydrogen-bond donors (Lipinski definition) is 1. The van der Waals surface area contributed by atoms with Crippen LogP contribution in [0.5, 0.6) is 0 Å². The summed E-state index contributed by atoms with van der Waals surface area (Å²) in [6.07, 6.45) is 0.186. The van der Waals surface area contributed by atoms with Gasteiger partial charge in [0.1, 0.15) is 0 Å². The SMILES string of the molecule is CC(O)C(C)Cc1cccc([N+](=O)[O-])c1Br. The standard InChI is InChI=1S/C11H14BrNO3/c1-7(8(2)14)6-9-4-3-5-10(11(9)12)13(15)16/h3-5,7-8,14H,6H2,1-2H3. The Morgan fingerprint density at radius 2 is 2.12 bits per heavy atom. The van der Waals surface area contributed by atoms with Crippen LogP contribution in [0.1, 0.15) is 19.4 Å². The maximum absolute atomic E-state index is 10.7. The Kier molecular flexibility index (Phi) is 4.44. The van der Waals surface area contributed by atoms with E-state index >= 15 is 0 Å². The first-order valence-electron chi connectivity index (χ1n) is 5.03. The molecule has 5 heteroatoms. The molecule has 0 amide bonds. The minimum Gasteiger partial charge on any atom is -0.393 e. The summed E-state index contributed by atoms with van der Waals surface area (Å²) < 4.78 is 0.507. The molecule has 1 rings (SSSR count). The number of nitro groups is 1. The van der Waals surface area contributed by atoms with Crippen molar-refractivity contribution in [1.82, 2.24) is 0 Å². The third kappa shape index (κ3) is 3.02. The quantitative estimate of drug-likeness (QED) is 0.684. The summed E-state index contributed by atoms with van der Waals surface area (Å²) in [5.41, 5.74) is 0.915. The summed E-state index contributed by atoms with van der Waals surface area (Å²) in [4.78, 5) is 10.3. The van der Waals surface area contributed by atoms with Crippen LogP contribution in [0.4, 0.5) is 5.69 Å². The van der Waals surface area contributed by atoms with Crippen molar-refractivity contribution in [2.75, 3.05) is 0 Å². The Morgan fingerprint density at radius 1 is 1.50 bits per heavy atom. The van der Waals surface area contributed by atoms with Gasteiger partial charge in [0.2, 0.25) is 0 Å². The van der Waals surface area contributed by atoms with E-state index in [1.54, 1.807) is 13.0 Å². The first-order valence-corrected chi connectivity index (χ1v) is 5.82. The average molecular weight is 288 g/mol. The highest BCUT2D eigenvalue weighted by Crippen LogP contribution is 2.30. The van der Waals surface area contributed by atoms with Gasteiger partial charge >= 0.3 is 0 Å². The number of halogens is 1. The van der Waals surface area contributed by atoms with Gasteiger partial charge in [-0.25, -0.2) is 0 Å². The molecule has 0 saturated heterocycles. The van der Waals surface area contributed by atoms with E-state index in [1.165, 1.54) is 6.07 Å². The smallest absolute Gasteiger partial charge is 0.283 e. The van der Waals surface area contributed by atoms with Crippen LogP contribution >= 0.6 is 15.9 Å². The number of aliphatic hydroxyl groups is 1. The van der Waals surface area contributed by atoms with Crippen LogP contribution in [0, 0.1) is 16.0 Å². The summed E-state index contributed by atoms with van der Waals surface area (Å²) in [5.74, 6) is 0.0679. The van der Waals surface area contributed by atoms with E-state index in [1.807, 2.05) is 13.0 Å². The van der Waals surface area contributed by atoms with Crippen molar-refractivity contribution >= 4 is 21.6 Å². The Balaban J connectivity index is 2.98. The van der Waals surface area contributed by atoms with Gasteiger partial charge in [-0.1, -0.05) is 19.1 Å². The van der Waals surface area contributed by atoms with Crippen molar-refractivity contribution in [2.24, 2.45) is 5.92 Å². The third-order valence-electron chi connectivity index (χ3n) is 2.62. The number of hydrogen-bond acceptors (Lipinski definition) is 3. The molecule has 0 radical (unpaired) electrons. The molecular weight excluding hydrogens is 274 g/mol. The van der Waals surface area contributed by atoms with Crippen molar-refractivity contribution in [2.45, 2.75) is 26.4 Å². The molecule has 0 aliphatic rings. The molecule has 2 unspecified atom stereocenters. The molecule has 0 aliphatic carbocycles. The minimum absolute atomic E-state index is 0.0651. The van der Waals surface area contributed by atoms with Crippen molar-refractivity contribution in [3.05, 3.63) is 38.3 Å². The summed E-state index contributed by atoms with van der Waals surface area (Å²) >= 11 is 3.24. The molecule has 16 heavy (non-hydrogen) atoms. The number of aliphatic hydroxyl groups excluding tert-OH is 1. The molecule has 0 heterocycles. The maximum atomic E-state index is 10.7. The summed E-state index contributed by atoms with van der Waals surface area (Å²) in [6.45, 7) is 3.63. The number of benzene rings is 1. The lowest BCUT2D eigenvalue weighted by molar-refractivity contribution is -0.385. The van der Waals surface area contributed by atoms with Crippen LogP contribution in [-0.4, -0.2) is 16.1 Å². The zero-order chi connectivity index (χ0) is 12.3. The minimum atomic E-state index is -0.425. The zero-order valence-electron chi connectivity index (χ0n) is 9.18. The number of rotatable bonds is 4. The second kappa shape index (κ2) is 5.41. The van der Waals surface area contributed by atoms with E-state index in [9.17, 15) is 15.2 Å². The first kappa shape index (κ1) is 13.1. The third-order valence-corrected chi connectivity index (χ3v) is 3.54. The molecule has 0 bridgehead atoms. The predicted molar refractivity (Wildman–Crippen MR) is 65.3 cm³/mol. The van der Waals surface area contributed by atoms with Crippen molar-refractivity contribution < 1.29 is 10.0 Å². The molecule has 0 fully saturated rings. The lowest BCUT2D eigenvalue weighted by Crippen LogP contribution is -2.15. The van der Waals surface area contributed by atoms with Gasteiger partial charge in [-0.15, -0.1) is 0 Å². The molecular formula is C11H14BrNO3. The molecule has 0 aliphatic heterocycles. The molecule has 0 spiro atoms. The molecule has 0 saturated carbocycles. The van der Waals surface area contributed by atoms with E-state index in [-0.39, 0.29) is 11.6 Å². The molecule has 1 aromatic rings. The zero-order valence-corrected chi connectivity index (χ0v) is 10.8. The normalized spacial score (nSPS) is 14.5. The van der Waals surface area contributed by atoms with E-state index < -0.39 is 11.0 Å². The van der Waals surface area contributed by atoms with Gasteiger partial charge in [0, 0.05) is 6.07 Å². The molecule has 88 valence electrons. The Labute approximate surface area is 103 Å². The fourth-order valence-corrected chi connectivity index (χ4v) is 1.95. The fraction of sp³-hybridized carbons (Fsp3) is 0.455. The van der Waals surface area contributed by atoms with Gasteiger partial charge in [-0.05, 0) is 40.8 Å². The summed E-state index contributed by atoms with van der Waals surface area (Å²) in [5, 5.41) is 20.1. The van der Waals surface area contributed by atoms with E-state index in [0.29, 0.717) is 10.9 Å². The molecule has 4 nitrogen and oxygen atoms in total. The summed E-state index contributed by atoms with van der Waals surface area (Å²) in [7, 11) is 0. The van der Waals surface area contributed by atoms with E-state index in [0.717, 1.165) is 5.56 Å². The van der Waals surface area contributed by atoms with Gasteiger partial charge in [0.25, 0.3) is 5.69 Å². The lowest BCUT2D eigenvalue weighted by Gasteiger charge is -2.15. The number of nitrogens with zero attached hydrogens (tertiary/aromatic N) is 1. The monoisotopic (exact) mass is 287 g/mol. The van der Waals surface area contributed by atoms with Crippen LogP contribution in [0.25, 0.3) is 0 Å². The van der Waals surface area contributed by atoms with Gasteiger partial charge in [-0.3, -0.25) is 10.1 Å². The molecule has 0 aromatic heterocycles. The van der Waals surface area contributed by atoms with Crippen LogP contribution in [-0.2, 0) is 6.42 Å². The largest absolute Gasteiger partial charge is 0.393 e. The van der Waals surface area contributed by atoms with Gasteiger partial charge in [-0.2, -0.15) is 0 Å². The van der Waals surface area contributed by atoms with E-state index in [2.05, 4.69) is 15.9 Å². The number of nitro benzene ring substituents is 1. The van der Waals surface area contributed by atoms with Crippen LogP contribution in [0.2, 0.25) is 0 Å². The van der Waals surface area contributed by atoms with Crippen molar-refractivity contribution in [3.63, 3.8) is 0 Å². The second-order valence-electron chi connectivity index (χ2n) is 3.93. The maximum Gasteiger partial charge on any atom is 0.283 e. The van der Waals surface area contributed by atoms with Crippen molar-refractivity contribution in [1.29, 1.82) is 0 Å². The highest BCUT2D eigenvalue weighted by atomic mass is 79.9. The fourth-order valence-electron chi connectivity index (χ4n) is 1.38. The average Bonchev–Trinajstić information content (AvgIpc) is 2.20. The van der Waals surface area contributed by atoms with Crippen LogP contribution in [0.3, 0.4) is 0 Å². The highest BCUT2D eigenvalue weighted by molar-refractivity contribution is 9.10. The van der Waals surface area contributed by atoms with E-state index in [4.69, 9.17) is 0 Å². The summed E-state index contributed by atoms with van der Waals surface area (Å²) in [6, 6.07) is 4.95. The topological polar surface area (TPSA) is 63.4 Å². The Hall–Kier alpha value is -0.940. The van der Waals surface area contributed by atoms with Gasteiger partial charge in [0.05, 0.1) is 15.5 Å². The van der Waals surface area contributed by atoms with Crippen LogP contribution < -0.4 is 0 Å².